The summed E-state index contributed by atoms with van der Waals surface area (Å²) in [7, 11) is 1.59. The van der Waals surface area contributed by atoms with Gasteiger partial charge in [-0.15, -0.1) is 0 Å². The summed E-state index contributed by atoms with van der Waals surface area (Å²) in [5, 5.41) is 5.12. The first-order valence-corrected chi connectivity index (χ1v) is 4.82. The molecule has 0 aliphatic heterocycles. The maximum absolute atomic E-state index is 12.4. The third kappa shape index (κ3) is 3.69. The summed E-state index contributed by atoms with van der Waals surface area (Å²) in [6, 6.07) is -0.581. The van der Waals surface area contributed by atoms with Gasteiger partial charge in [0, 0.05) is 12.0 Å². The summed E-state index contributed by atoms with van der Waals surface area (Å²) in [4.78, 5) is 11.2. The Bertz CT molecular complexity index is 321. The van der Waals surface area contributed by atoms with Crippen LogP contribution in [0.15, 0.2) is 23.8 Å². The van der Waals surface area contributed by atoms with Crippen LogP contribution < -0.4 is 10.6 Å². The molecule has 1 aliphatic carbocycles. The summed E-state index contributed by atoms with van der Waals surface area (Å²) in [6.45, 7) is 0.0927. The lowest BCUT2D eigenvalue weighted by molar-refractivity contribution is -0.121. The van der Waals surface area contributed by atoms with Crippen LogP contribution in [0, 0.1) is 0 Å². The number of carbonyl (C=O) groups excluding carboxylic acids is 1. The topological polar surface area (TPSA) is 41.1 Å². The first-order valence-electron chi connectivity index (χ1n) is 4.82. The second-order valence-corrected chi connectivity index (χ2v) is 3.48. The zero-order valence-corrected chi connectivity index (χ0v) is 8.77. The van der Waals surface area contributed by atoms with E-state index in [9.17, 15) is 18.0 Å². The molecule has 0 saturated carbocycles. The molecule has 0 aromatic rings. The van der Waals surface area contributed by atoms with Crippen LogP contribution in [0.2, 0.25) is 0 Å². The fourth-order valence-corrected chi connectivity index (χ4v) is 1.41. The van der Waals surface area contributed by atoms with Crippen LogP contribution in [0.5, 0.6) is 0 Å². The zero-order chi connectivity index (χ0) is 12.2. The average Bonchev–Trinajstić information content (AvgIpc) is 2.17. The largest absolute Gasteiger partial charge is 0.412 e. The number of likely N-dealkylation sites (N-methyl/N-ethyl adjacent to an activating group) is 1. The Morgan fingerprint density at radius 3 is 2.81 bits per heavy atom. The summed E-state index contributed by atoms with van der Waals surface area (Å²) in [6.07, 6.45) is -0.646. The lowest BCUT2D eigenvalue weighted by atomic mass is 10.00. The molecule has 0 fully saturated rings. The van der Waals surface area contributed by atoms with Gasteiger partial charge in [-0.25, -0.2) is 0 Å². The molecule has 6 heteroatoms. The van der Waals surface area contributed by atoms with Crippen LogP contribution in [0.25, 0.3) is 0 Å². The van der Waals surface area contributed by atoms with E-state index in [1.165, 1.54) is 6.08 Å². The van der Waals surface area contributed by atoms with Crippen molar-refractivity contribution in [1.82, 2.24) is 10.6 Å². The zero-order valence-electron chi connectivity index (χ0n) is 8.77. The molecule has 0 bridgehead atoms. The van der Waals surface area contributed by atoms with Crippen molar-refractivity contribution in [2.75, 3.05) is 13.6 Å². The number of halogens is 3. The highest BCUT2D eigenvalue weighted by molar-refractivity contribution is 5.78. The first kappa shape index (κ1) is 12.8. The Hall–Kier alpha value is -1.30. The van der Waals surface area contributed by atoms with E-state index >= 15 is 0 Å². The molecule has 1 atom stereocenters. The number of allylic oxidation sites excluding steroid dienone is 2. The Balaban J connectivity index is 2.54. The number of amides is 1. The standard InChI is InChI=1S/C10H13F3N2O/c1-14-6-9(16)15-8-4-2-3-7(5-8)10(11,12)13/h2-4,8,14H,5-6H2,1H3,(H,15,16). The number of hydrogen-bond acceptors (Lipinski definition) is 2. The van der Waals surface area contributed by atoms with E-state index in [4.69, 9.17) is 0 Å². The van der Waals surface area contributed by atoms with E-state index in [0.29, 0.717) is 0 Å². The van der Waals surface area contributed by atoms with Gasteiger partial charge >= 0.3 is 6.18 Å². The quantitative estimate of drug-likeness (QED) is 0.768. The van der Waals surface area contributed by atoms with E-state index in [0.717, 1.165) is 6.08 Å². The SMILES string of the molecule is CNCC(=O)NC1C=CC=C(C(F)(F)F)C1. The molecule has 0 radical (unpaired) electrons. The van der Waals surface area contributed by atoms with Crippen molar-refractivity contribution < 1.29 is 18.0 Å². The van der Waals surface area contributed by atoms with Crippen LogP contribution in [-0.4, -0.2) is 31.7 Å². The highest BCUT2D eigenvalue weighted by Gasteiger charge is 2.35. The highest BCUT2D eigenvalue weighted by Crippen LogP contribution is 2.30. The normalized spacial score (nSPS) is 20.5. The number of carbonyl (C=O) groups is 1. The molecule has 16 heavy (non-hydrogen) atoms. The van der Waals surface area contributed by atoms with Gasteiger partial charge < -0.3 is 10.6 Å². The third-order valence-electron chi connectivity index (χ3n) is 2.13. The second-order valence-electron chi connectivity index (χ2n) is 3.48. The smallest absolute Gasteiger partial charge is 0.348 e. The molecular formula is C10H13F3N2O. The molecule has 1 unspecified atom stereocenters. The van der Waals surface area contributed by atoms with Crippen LogP contribution in [-0.2, 0) is 4.79 Å². The number of alkyl halides is 3. The minimum atomic E-state index is -4.32. The van der Waals surface area contributed by atoms with Crippen LogP contribution in [0.3, 0.4) is 0 Å². The predicted molar refractivity (Wildman–Crippen MR) is 53.8 cm³/mol. The van der Waals surface area contributed by atoms with Gasteiger partial charge in [0.15, 0.2) is 0 Å². The van der Waals surface area contributed by atoms with E-state index in [1.807, 2.05) is 0 Å². The monoisotopic (exact) mass is 234 g/mol. The van der Waals surface area contributed by atoms with Crippen LogP contribution in [0.4, 0.5) is 13.2 Å². The minimum absolute atomic E-state index is 0.0927. The fraction of sp³-hybridized carbons (Fsp3) is 0.500. The van der Waals surface area contributed by atoms with Crippen LogP contribution >= 0.6 is 0 Å². The molecule has 2 N–H and O–H groups in total. The maximum Gasteiger partial charge on any atom is 0.412 e. The van der Waals surface area contributed by atoms with Gasteiger partial charge in [0.1, 0.15) is 0 Å². The first-order chi connectivity index (χ1) is 7.43. The number of rotatable bonds is 3. The van der Waals surface area contributed by atoms with Crippen LogP contribution in [0.1, 0.15) is 6.42 Å². The van der Waals surface area contributed by atoms with E-state index in [-0.39, 0.29) is 18.9 Å². The molecule has 90 valence electrons. The molecule has 1 aliphatic rings. The Labute approximate surface area is 91.4 Å². The van der Waals surface area contributed by atoms with Gasteiger partial charge in [-0.3, -0.25) is 4.79 Å². The molecule has 0 saturated heterocycles. The molecule has 1 rings (SSSR count). The highest BCUT2D eigenvalue weighted by atomic mass is 19.4. The Morgan fingerprint density at radius 1 is 1.56 bits per heavy atom. The van der Waals surface area contributed by atoms with Crippen molar-refractivity contribution in [3.05, 3.63) is 23.8 Å². The predicted octanol–water partition coefficient (Wildman–Crippen LogP) is 1.14. The molecule has 3 nitrogen and oxygen atoms in total. The van der Waals surface area contributed by atoms with Gasteiger partial charge in [-0.05, 0) is 7.05 Å². The molecule has 0 spiro atoms. The molecule has 1 amide bonds. The molecule has 0 aromatic carbocycles. The van der Waals surface area contributed by atoms with Gasteiger partial charge in [0.25, 0.3) is 0 Å². The van der Waals surface area contributed by atoms with Gasteiger partial charge in [0.2, 0.25) is 5.91 Å². The molecule has 0 heterocycles. The Kier molecular flexibility index (Phi) is 4.12. The molecule has 0 aromatic heterocycles. The van der Waals surface area contributed by atoms with Gasteiger partial charge in [-0.1, -0.05) is 18.2 Å². The maximum atomic E-state index is 12.4. The number of nitrogens with one attached hydrogen (secondary N) is 2. The van der Waals surface area contributed by atoms with Gasteiger partial charge in [-0.2, -0.15) is 13.2 Å². The van der Waals surface area contributed by atoms with Crippen molar-refractivity contribution in [3.8, 4) is 0 Å². The average molecular weight is 234 g/mol. The van der Waals surface area contributed by atoms with Crippen molar-refractivity contribution >= 4 is 5.91 Å². The van der Waals surface area contributed by atoms with E-state index in [2.05, 4.69) is 10.6 Å². The molecular weight excluding hydrogens is 221 g/mol. The van der Waals surface area contributed by atoms with Crippen molar-refractivity contribution in [2.24, 2.45) is 0 Å². The van der Waals surface area contributed by atoms with Crippen molar-refractivity contribution in [1.29, 1.82) is 0 Å². The summed E-state index contributed by atoms with van der Waals surface area (Å²) >= 11 is 0. The van der Waals surface area contributed by atoms with Crippen molar-refractivity contribution in [2.45, 2.75) is 18.6 Å². The summed E-state index contributed by atoms with van der Waals surface area (Å²) in [5.74, 6) is -0.319. The van der Waals surface area contributed by atoms with E-state index in [1.54, 1.807) is 13.1 Å². The second kappa shape index (κ2) is 5.16. The fourth-order valence-electron chi connectivity index (χ4n) is 1.41. The third-order valence-corrected chi connectivity index (χ3v) is 2.13. The minimum Gasteiger partial charge on any atom is -0.348 e. The lowest BCUT2D eigenvalue weighted by Gasteiger charge is -2.21. The van der Waals surface area contributed by atoms with Crippen molar-refractivity contribution in [3.63, 3.8) is 0 Å². The summed E-state index contributed by atoms with van der Waals surface area (Å²) < 4.78 is 37.1. The Morgan fingerprint density at radius 2 is 2.25 bits per heavy atom. The van der Waals surface area contributed by atoms with Gasteiger partial charge in [0.05, 0.1) is 12.6 Å². The lowest BCUT2D eigenvalue weighted by Crippen LogP contribution is -2.40. The summed E-state index contributed by atoms with van der Waals surface area (Å²) in [5.41, 5.74) is -0.621. The van der Waals surface area contributed by atoms with E-state index < -0.39 is 17.8 Å². The number of hydrogen-bond donors (Lipinski definition) is 2.